The van der Waals surface area contributed by atoms with Crippen LogP contribution in [0.15, 0.2) is 30.3 Å². The Morgan fingerprint density at radius 3 is 2.59 bits per heavy atom. The number of hydrogen-bond donors (Lipinski definition) is 1. The minimum Gasteiger partial charge on any atom is -0.480 e. The van der Waals surface area contributed by atoms with Gasteiger partial charge in [-0.05, 0) is 19.5 Å². The van der Waals surface area contributed by atoms with Crippen molar-refractivity contribution < 1.29 is 14.6 Å². The van der Waals surface area contributed by atoms with E-state index >= 15 is 0 Å². The second kappa shape index (κ2) is 7.04. The van der Waals surface area contributed by atoms with Gasteiger partial charge in [0.15, 0.2) is 0 Å². The monoisotopic (exact) mass is 237 g/mol. The van der Waals surface area contributed by atoms with Crippen LogP contribution < -0.4 is 0 Å². The van der Waals surface area contributed by atoms with Crippen molar-refractivity contribution in [2.24, 2.45) is 0 Å². The summed E-state index contributed by atoms with van der Waals surface area (Å²) < 4.78 is 5.19. The summed E-state index contributed by atoms with van der Waals surface area (Å²) in [5, 5.41) is 9.13. The number of likely N-dealkylation sites (N-methyl/N-ethyl adjacent to an activating group) is 1. The molecule has 0 aliphatic rings. The van der Waals surface area contributed by atoms with E-state index < -0.39 is 12.0 Å². The zero-order valence-electron chi connectivity index (χ0n) is 10.3. The van der Waals surface area contributed by atoms with Crippen molar-refractivity contribution in [1.82, 2.24) is 4.90 Å². The van der Waals surface area contributed by atoms with Crippen molar-refractivity contribution in [3.63, 3.8) is 0 Å². The third kappa shape index (κ3) is 4.54. The molecular weight excluding hydrogens is 218 g/mol. The van der Waals surface area contributed by atoms with Gasteiger partial charge in [-0.15, -0.1) is 0 Å². The van der Waals surface area contributed by atoms with Crippen molar-refractivity contribution >= 4 is 5.97 Å². The Labute approximate surface area is 102 Å². The molecule has 0 saturated carbocycles. The highest BCUT2D eigenvalue weighted by molar-refractivity contribution is 5.73. The maximum atomic E-state index is 11.1. The van der Waals surface area contributed by atoms with Gasteiger partial charge < -0.3 is 9.84 Å². The first-order valence-electron chi connectivity index (χ1n) is 5.69. The van der Waals surface area contributed by atoms with Crippen LogP contribution in [0.1, 0.15) is 12.5 Å². The molecule has 17 heavy (non-hydrogen) atoms. The summed E-state index contributed by atoms with van der Waals surface area (Å²) in [6, 6.07) is 9.20. The highest BCUT2D eigenvalue weighted by Gasteiger charge is 2.22. The second-order valence-corrected chi connectivity index (χ2v) is 3.91. The lowest BCUT2D eigenvalue weighted by Gasteiger charge is -2.24. The Kier molecular flexibility index (Phi) is 5.66. The highest BCUT2D eigenvalue weighted by atomic mass is 16.5. The second-order valence-electron chi connectivity index (χ2n) is 3.91. The van der Waals surface area contributed by atoms with Gasteiger partial charge in [-0.25, -0.2) is 0 Å². The van der Waals surface area contributed by atoms with Crippen molar-refractivity contribution in [3.05, 3.63) is 35.9 Å². The molecule has 1 aromatic rings. The van der Waals surface area contributed by atoms with Gasteiger partial charge in [0, 0.05) is 13.2 Å². The molecule has 1 unspecified atom stereocenters. The molecular formula is C13H19NO3. The Hall–Kier alpha value is -1.39. The van der Waals surface area contributed by atoms with Crippen LogP contribution in [0.4, 0.5) is 0 Å². The molecule has 1 aromatic carbocycles. The first-order chi connectivity index (χ1) is 8.15. The minimum atomic E-state index is -0.850. The molecule has 4 nitrogen and oxygen atoms in total. The third-order valence-corrected chi connectivity index (χ3v) is 2.57. The fraction of sp³-hybridized carbons (Fsp3) is 0.462. The Morgan fingerprint density at radius 1 is 1.41 bits per heavy atom. The molecule has 94 valence electrons. The fourth-order valence-electron chi connectivity index (χ4n) is 1.60. The number of rotatable bonds is 7. The molecule has 1 atom stereocenters. The normalized spacial score (nSPS) is 12.6. The molecule has 4 heteroatoms. The zero-order chi connectivity index (χ0) is 12.7. The number of hydrogen-bond acceptors (Lipinski definition) is 3. The standard InChI is InChI=1S/C13H19NO3/c1-3-17-10-12(13(15)16)14(2)9-11-7-5-4-6-8-11/h4-8,12H,3,9-10H2,1-2H3,(H,15,16). The van der Waals surface area contributed by atoms with Crippen LogP contribution in [0.25, 0.3) is 0 Å². The number of carbonyl (C=O) groups is 1. The van der Waals surface area contributed by atoms with Crippen molar-refractivity contribution in [2.45, 2.75) is 19.5 Å². The summed E-state index contributed by atoms with van der Waals surface area (Å²) in [4.78, 5) is 12.9. The van der Waals surface area contributed by atoms with Crippen LogP contribution in [-0.2, 0) is 16.1 Å². The smallest absolute Gasteiger partial charge is 0.323 e. The summed E-state index contributed by atoms with van der Waals surface area (Å²) in [7, 11) is 1.80. The van der Waals surface area contributed by atoms with Gasteiger partial charge in [-0.3, -0.25) is 9.69 Å². The van der Waals surface area contributed by atoms with E-state index in [0.717, 1.165) is 5.56 Å². The summed E-state index contributed by atoms with van der Waals surface area (Å²) in [6.07, 6.45) is 0. The molecule has 0 heterocycles. The van der Waals surface area contributed by atoms with Crippen LogP contribution in [0.2, 0.25) is 0 Å². The average Bonchev–Trinajstić information content (AvgIpc) is 2.30. The molecule has 0 spiro atoms. The van der Waals surface area contributed by atoms with Crippen LogP contribution >= 0.6 is 0 Å². The molecule has 0 radical (unpaired) electrons. The van der Waals surface area contributed by atoms with Crippen LogP contribution in [0, 0.1) is 0 Å². The highest BCUT2D eigenvalue weighted by Crippen LogP contribution is 2.07. The molecule has 0 fully saturated rings. The zero-order valence-corrected chi connectivity index (χ0v) is 10.3. The molecule has 0 aliphatic heterocycles. The predicted molar refractivity (Wildman–Crippen MR) is 65.8 cm³/mol. The van der Waals surface area contributed by atoms with Gasteiger partial charge in [0.25, 0.3) is 0 Å². The van der Waals surface area contributed by atoms with E-state index in [0.29, 0.717) is 13.2 Å². The van der Waals surface area contributed by atoms with E-state index in [-0.39, 0.29) is 6.61 Å². The SMILES string of the molecule is CCOCC(C(=O)O)N(C)Cc1ccccc1. The van der Waals surface area contributed by atoms with Crippen LogP contribution in [0.5, 0.6) is 0 Å². The average molecular weight is 237 g/mol. The number of carboxylic acids is 1. The fourth-order valence-corrected chi connectivity index (χ4v) is 1.60. The number of carboxylic acid groups (broad SMARTS) is 1. The summed E-state index contributed by atoms with van der Waals surface area (Å²) >= 11 is 0. The van der Waals surface area contributed by atoms with E-state index in [2.05, 4.69) is 0 Å². The third-order valence-electron chi connectivity index (χ3n) is 2.57. The van der Waals surface area contributed by atoms with Gasteiger partial charge in [0.1, 0.15) is 6.04 Å². The number of benzene rings is 1. The van der Waals surface area contributed by atoms with E-state index in [1.54, 1.807) is 11.9 Å². The van der Waals surface area contributed by atoms with Crippen molar-refractivity contribution in [3.8, 4) is 0 Å². The van der Waals surface area contributed by atoms with Gasteiger partial charge >= 0.3 is 5.97 Å². The predicted octanol–water partition coefficient (Wildman–Crippen LogP) is 1.61. The van der Waals surface area contributed by atoms with E-state index in [4.69, 9.17) is 9.84 Å². The van der Waals surface area contributed by atoms with Gasteiger partial charge in [0.2, 0.25) is 0 Å². The molecule has 0 aliphatic carbocycles. The minimum absolute atomic E-state index is 0.217. The van der Waals surface area contributed by atoms with Gasteiger partial charge in [-0.1, -0.05) is 30.3 Å². The van der Waals surface area contributed by atoms with Gasteiger partial charge in [-0.2, -0.15) is 0 Å². The lowest BCUT2D eigenvalue weighted by Crippen LogP contribution is -2.41. The van der Waals surface area contributed by atoms with Crippen LogP contribution in [0.3, 0.4) is 0 Å². The molecule has 1 N–H and O–H groups in total. The molecule has 0 amide bonds. The summed E-state index contributed by atoms with van der Waals surface area (Å²) in [5.74, 6) is -0.850. The maximum absolute atomic E-state index is 11.1. The number of aliphatic carboxylic acids is 1. The van der Waals surface area contributed by atoms with Gasteiger partial charge in [0.05, 0.1) is 6.61 Å². The largest absolute Gasteiger partial charge is 0.480 e. The molecule has 0 bridgehead atoms. The lowest BCUT2D eigenvalue weighted by atomic mass is 10.2. The number of ether oxygens (including phenoxy) is 1. The molecule has 0 saturated heterocycles. The van der Waals surface area contributed by atoms with E-state index in [1.165, 1.54) is 0 Å². The maximum Gasteiger partial charge on any atom is 0.323 e. The van der Waals surface area contributed by atoms with E-state index in [1.807, 2.05) is 37.3 Å². The molecule has 0 aromatic heterocycles. The Balaban J connectivity index is 2.59. The lowest BCUT2D eigenvalue weighted by molar-refractivity contribution is -0.145. The van der Waals surface area contributed by atoms with E-state index in [9.17, 15) is 4.79 Å². The van der Waals surface area contributed by atoms with Crippen molar-refractivity contribution in [1.29, 1.82) is 0 Å². The quantitative estimate of drug-likeness (QED) is 0.782. The topological polar surface area (TPSA) is 49.8 Å². The first-order valence-corrected chi connectivity index (χ1v) is 5.69. The summed E-state index contributed by atoms with van der Waals surface area (Å²) in [5.41, 5.74) is 1.10. The number of nitrogens with zero attached hydrogens (tertiary/aromatic N) is 1. The Bertz CT molecular complexity index is 340. The summed E-state index contributed by atoms with van der Waals surface area (Å²) in [6.45, 7) is 3.21. The molecule has 1 rings (SSSR count). The van der Waals surface area contributed by atoms with Crippen LogP contribution in [-0.4, -0.2) is 42.3 Å². The Morgan fingerprint density at radius 2 is 2.06 bits per heavy atom. The first kappa shape index (κ1) is 13.7. The van der Waals surface area contributed by atoms with Crippen molar-refractivity contribution in [2.75, 3.05) is 20.3 Å².